The van der Waals surface area contributed by atoms with Gasteiger partial charge in [0.1, 0.15) is 0 Å². The van der Waals surface area contributed by atoms with Gasteiger partial charge in [0.05, 0.1) is 5.60 Å². The third kappa shape index (κ3) is 2.71. The first-order valence-corrected chi connectivity index (χ1v) is 6.10. The Labute approximate surface area is 88.4 Å². The van der Waals surface area contributed by atoms with Gasteiger partial charge >= 0.3 is 0 Å². The van der Waals surface area contributed by atoms with Crippen molar-refractivity contribution in [3.63, 3.8) is 0 Å². The monoisotopic (exact) mass is 199 g/mol. The Morgan fingerprint density at radius 3 is 2.43 bits per heavy atom. The molecule has 0 spiro atoms. The predicted octanol–water partition coefficient (Wildman–Crippen LogP) is 2.58. The van der Waals surface area contributed by atoms with Gasteiger partial charge in [0, 0.05) is 6.61 Å². The van der Waals surface area contributed by atoms with Crippen molar-refractivity contribution in [1.29, 1.82) is 0 Å². The van der Waals surface area contributed by atoms with Crippen LogP contribution in [0.5, 0.6) is 0 Å². The maximum Gasteiger partial charge on any atom is 0.0731 e. The van der Waals surface area contributed by atoms with E-state index in [1.165, 1.54) is 19.3 Å². The second-order valence-electron chi connectivity index (χ2n) is 4.47. The number of hydrogen-bond donors (Lipinski definition) is 1. The molecule has 0 aromatic heterocycles. The molecule has 0 bridgehead atoms. The van der Waals surface area contributed by atoms with Gasteiger partial charge in [-0.1, -0.05) is 27.2 Å². The Kier molecular flexibility index (Phi) is 4.90. The van der Waals surface area contributed by atoms with E-state index >= 15 is 0 Å². The molecule has 1 heterocycles. The van der Waals surface area contributed by atoms with Crippen LogP contribution in [-0.4, -0.2) is 25.3 Å². The lowest BCUT2D eigenvalue weighted by Crippen LogP contribution is -2.48. The van der Waals surface area contributed by atoms with Crippen LogP contribution in [0.3, 0.4) is 0 Å². The first-order chi connectivity index (χ1) is 6.75. The van der Waals surface area contributed by atoms with Crippen molar-refractivity contribution in [2.24, 2.45) is 5.92 Å². The molecule has 1 saturated heterocycles. The van der Waals surface area contributed by atoms with Crippen LogP contribution in [-0.2, 0) is 4.74 Å². The lowest BCUT2D eigenvalue weighted by atomic mass is 9.79. The lowest BCUT2D eigenvalue weighted by molar-refractivity contribution is -0.102. The average Bonchev–Trinajstić information content (AvgIpc) is 2.26. The minimum Gasteiger partial charge on any atom is -0.375 e. The van der Waals surface area contributed by atoms with Crippen molar-refractivity contribution < 1.29 is 4.74 Å². The van der Waals surface area contributed by atoms with Gasteiger partial charge in [-0.05, 0) is 38.3 Å². The molecule has 1 N–H and O–H groups in total. The van der Waals surface area contributed by atoms with E-state index in [2.05, 4.69) is 26.1 Å². The molecule has 1 rings (SSSR count). The summed E-state index contributed by atoms with van der Waals surface area (Å²) in [6, 6.07) is 0. The Morgan fingerprint density at radius 1 is 1.29 bits per heavy atom. The fourth-order valence-corrected chi connectivity index (χ4v) is 2.31. The lowest BCUT2D eigenvalue weighted by Gasteiger charge is -2.42. The molecule has 2 nitrogen and oxygen atoms in total. The van der Waals surface area contributed by atoms with Crippen LogP contribution in [0.2, 0.25) is 0 Å². The van der Waals surface area contributed by atoms with Crippen LogP contribution < -0.4 is 5.32 Å². The molecule has 0 saturated carbocycles. The fraction of sp³-hybridized carbons (Fsp3) is 1.00. The highest BCUT2D eigenvalue weighted by Gasteiger charge is 2.37. The average molecular weight is 199 g/mol. The van der Waals surface area contributed by atoms with Gasteiger partial charge in [-0.3, -0.25) is 0 Å². The molecule has 0 aliphatic carbocycles. The third-order valence-electron chi connectivity index (χ3n) is 3.55. The van der Waals surface area contributed by atoms with E-state index in [4.69, 9.17) is 4.74 Å². The molecule has 0 aromatic carbocycles. The number of rotatable bonds is 5. The van der Waals surface area contributed by atoms with E-state index < -0.39 is 0 Å². The van der Waals surface area contributed by atoms with E-state index in [1.807, 2.05) is 0 Å². The van der Waals surface area contributed by atoms with Gasteiger partial charge < -0.3 is 10.1 Å². The second kappa shape index (κ2) is 5.72. The zero-order chi connectivity index (χ0) is 10.4. The first-order valence-electron chi connectivity index (χ1n) is 6.10. The van der Waals surface area contributed by atoms with E-state index in [0.29, 0.717) is 5.92 Å². The summed E-state index contributed by atoms with van der Waals surface area (Å²) in [6.45, 7) is 9.95. The quantitative estimate of drug-likeness (QED) is 0.735. The minimum atomic E-state index is 0.177. The van der Waals surface area contributed by atoms with Gasteiger partial charge in [0.15, 0.2) is 0 Å². The molecule has 0 radical (unpaired) electrons. The summed E-state index contributed by atoms with van der Waals surface area (Å²) in [5.74, 6) is 0.691. The smallest absolute Gasteiger partial charge is 0.0731 e. The fourth-order valence-electron chi connectivity index (χ4n) is 2.31. The topological polar surface area (TPSA) is 21.3 Å². The zero-order valence-electron chi connectivity index (χ0n) is 9.94. The number of ether oxygens (including phenoxy) is 1. The van der Waals surface area contributed by atoms with Gasteiger partial charge in [0.2, 0.25) is 0 Å². The van der Waals surface area contributed by atoms with Gasteiger partial charge in [-0.15, -0.1) is 0 Å². The molecule has 1 aliphatic rings. The van der Waals surface area contributed by atoms with Gasteiger partial charge in [-0.2, -0.15) is 0 Å². The normalized spacial score (nSPS) is 23.4. The Balaban J connectivity index is 2.56. The molecular weight excluding hydrogens is 174 g/mol. The highest BCUT2D eigenvalue weighted by Crippen LogP contribution is 2.33. The summed E-state index contributed by atoms with van der Waals surface area (Å²) in [5.41, 5.74) is 0.177. The van der Waals surface area contributed by atoms with Crippen LogP contribution in [0.25, 0.3) is 0 Å². The summed E-state index contributed by atoms with van der Waals surface area (Å²) >= 11 is 0. The number of hydrogen-bond acceptors (Lipinski definition) is 2. The van der Waals surface area contributed by atoms with E-state index in [-0.39, 0.29) is 5.60 Å². The van der Waals surface area contributed by atoms with Crippen molar-refractivity contribution in [3.05, 3.63) is 0 Å². The Bertz CT molecular complexity index is 152. The van der Waals surface area contributed by atoms with Crippen LogP contribution in [0, 0.1) is 5.92 Å². The van der Waals surface area contributed by atoms with Crippen molar-refractivity contribution in [2.75, 3.05) is 19.7 Å². The number of piperidine rings is 1. The molecule has 84 valence electrons. The van der Waals surface area contributed by atoms with Crippen molar-refractivity contribution in [2.45, 2.75) is 52.1 Å². The Morgan fingerprint density at radius 2 is 1.93 bits per heavy atom. The molecular formula is C12H25NO. The molecule has 1 fully saturated rings. The largest absolute Gasteiger partial charge is 0.375 e. The minimum absolute atomic E-state index is 0.177. The summed E-state index contributed by atoms with van der Waals surface area (Å²) in [4.78, 5) is 0. The molecule has 1 aliphatic heterocycles. The van der Waals surface area contributed by atoms with Crippen LogP contribution in [0.15, 0.2) is 0 Å². The van der Waals surface area contributed by atoms with Crippen LogP contribution in [0.4, 0.5) is 0 Å². The van der Waals surface area contributed by atoms with E-state index in [1.54, 1.807) is 0 Å². The SMILES string of the molecule is CCCOC1(C(C)CC)CCNCC1. The molecule has 1 atom stereocenters. The summed E-state index contributed by atoms with van der Waals surface area (Å²) < 4.78 is 6.13. The summed E-state index contributed by atoms with van der Waals surface area (Å²) in [7, 11) is 0. The molecule has 2 heteroatoms. The Hall–Kier alpha value is -0.0800. The second-order valence-corrected chi connectivity index (χ2v) is 4.47. The standard InChI is InChI=1S/C12H25NO/c1-4-10-14-12(11(3)5-2)6-8-13-9-7-12/h11,13H,4-10H2,1-3H3. The molecule has 0 aromatic rings. The summed E-state index contributed by atoms with van der Waals surface area (Å²) in [6.07, 6.45) is 4.72. The van der Waals surface area contributed by atoms with Crippen molar-refractivity contribution >= 4 is 0 Å². The predicted molar refractivity (Wildman–Crippen MR) is 60.5 cm³/mol. The van der Waals surface area contributed by atoms with E-state index in [0.717, 1.165) is 26.1 Å². The highest BCUT2D eigenvalue weighted by atomic mass is 16.5. The van der Waals surface area contributed by atoms with Crippen LogP contribution in [0.1, 0.15) is 46.5 Å². The third-order valence-corrected chi connectivity index (χ3v) is 3.55. The van der Waals surface area contributed by atoms with Gasteiger partial charge in [-0.25, -0.2) is 0 Å². The molecule has 14 heavy (non-hydrogen) atoms. The highest BCUT2D eigenvalue weighted by molar-refractivity contribution is 4.90. The van der Waals surface area contributed by atoms with Crippen molar-refractivity contribution in [1.82, 2.24) is 5.32 Å². The maximum absolute atomic E-state index is 6.13. The summed E-state index contributed by atoms with van der Waals surface area (Å²) in [5, 5.41) is 3.41. The van der Waals surface area contributed by atoms with Crippen molar-refractivity contribution in [3.8, 4) is 0 Å². The number of nitrogens with one attached hydrogen (secondary N) is 1. The molecule has 1 unspecified atom stereocenters. The van der Waals surface area contributed by atoms with Crippen LogP contribution >= 0.6 is 0 Å². The zero-order valence-corrected chi connectivity index (χ0v) is 9.94. The van der Waals surface area contributed by atoms with E-state index in [9.17, 15) is 0 Å². The van der Waals surface area contributed by atoms with Gasteiger partial charge in [0.25, 0.3) is 0 Å². The maximum atomic E-state index is 6.13. The molecule has 0 amide bonds. The first kappa shape index (κ1) is 12.0.